The molecule has 1 heterocycles. The first-order valence-corrected chi connectivity index (χ1v) is 6.66. The van der Waals surface area contributed by atoms with E-state index in [1.807, 2.05) is 26.0 Å². The zero-order chi connectivity index (χ0) is 14.9. The van der Waals surface area contributed by atoms with Crippen LogP contribution in [-0.2, 0) is 11.2 Å². The second kappa shape index (κ2) is 5.53. The summed E-state index contributed by atoms with van der Waals surface area (Å²) in [5, 5.41) is 8.84. The number of carbonyl (C=O) groups is 2. The summed E-state index contributed by atoms with van der Waals surface area (Å²) in [6.45, 7) is 4.25. The van der Waals surface area contributed by atoms with Crippen LogP contribution >= 0.6 is 0 Å². The number of amides is 1. The summed E-state index contributed by atoms with van der Waals surface area (Å²) in [6, 6.07) is 3.75. The average Bonchev–Trinajstić information content (AvgIpc) is 2.40. The maximum absolute atomic E-state index is 12.3. The number of carboxylic acids is 1. The molecule has 1 N–H and O–H groups in total. The molecule has 0 bridgehead atoms. The molecule has 1 aliphatic heterocycles. The Hall–Kier alpha value is -2.04. The number of benzene rings is 1. The SMILES string of the molecule is COc1cc2c(cc1C(C)C)C(=O)N(CC(=O)O)CC2. The van der Waals surface area contributed by atoms with E-state index in [-0.39, 0.29) is 18.4 Å². The summed E-state index contributed by atoms with van der Waals surface area (Å²) < 4.78 is 5.38. The van der Waals surface area contributed by atoms with E-state index in [9.17, 15) is 9.59 Å². The van der Waals surface area contributed by atoms with Gasteiger partial charge in [0.2, 0.25) is 0 Å². The van der Waals surface area contributed by atoms with Gasteiger partial charge in [0.25, 0.3) is 5.91 Å². The number of nitrogens with zero attached hydrogens (tertiary/aromatic N) is 1. The first-order chi connectivity index (χ1) is 9.43. The average molecular weight is 277 g/mol. The number of fused-ring (bicyclic) bond motifs is 1. The highest BCUT2D eigenvalue weighted by Crippen LogP contribution is 2.32. The summed E-state index contributed by atoms with van der Waals surface area (Å²) in [5.74, 6) is -0.172. The van der Waals surface area contributed by atoms with E-state index in [1.165, 1.54) is 4.90 Å². The third-order valence-electron chi connectivity index (χ3n) is 3.57. The Morgan fingerprint density at radius 2 is 2.15 bits per heavy atom. The summed E-state index contributed by atoms with van der Waals surface area (Å²) in [6.07, 6.45) is 0.656. The monoisotopic (exact) mass is 277 g/mol. The zero-order valence-corrected chi connectivity index (χ0v) is 12.0. The molecule has 0 aromatic heterocycles. The van der Waals surface area contributed by atoms with Crippen LogP contribution in [0.3, 0.4) is 0 Å². The van der Waals surface area contributed by atoms with Crippen molar-refractivity contribution in [1.82, 2.24) is 4.90 Å². The molecule has 0 atom stereocenters. The van der Waals surface area contributed by atoms with E-state index >= 15 is 0 Å². The lowest BCUT2D eigenvalue weighted by Gasteiger charge is -2.28. The van der Waals surface area contributed by atoms with Crippen LogP contribution in [0.1, 0.15) is 41.3 Å². The molecule has 0 saturated heterocycles. The van der Waals surface area contributed by atoms with Gasteiger partial charge < -0.3 is 14.7 Å². The fraction of sp³-hybridized carbons (Fsp3) is 0.467. The van der Waals surface area contributed by atoms with Crippen molar-refractivity contribution in [3.05, 3.63) is 28.8 Å². The maximum atomic E-state index is 12.3. The largest absolute Gasteiger partial charge is 0.496 e. The zero-order valence-electron chi connectivity index (χ0n) is 12.0. The van der Waals surface area contributed by atoms with Gasteiger partial charge in [-0.1, -0.05) is 13.8 Å². The van der Waals surface area contributed by atoms with E-state index in [1.54, 1.807) is 7.11 Å². The van der Waals surface area contributed by atoms with Crippen molar-refractivity contribution in [2.75, 3.05) is 20.2 Å². The van der Waals surface area contributed by atoms with Gasteiger partial charge in [-0.05, 0) is 35.6 Å². The normalized spacial score (nSPS) is 14.4. The predicted octanol–water partition coefficient (Wildman–Crippen LogP) is 1.90. The molecule has 5 nitrogen and oxygen atoms in total. The second-order valence-electron chi connectivity index (χ2n) is 5.28. The topological polar surface area (TPSA) is 66.8 Å². The van der Waals surface area contributed by atoms with Crippen molar-refractivity contribution >= 4 is 11.9 Å². The number of ether oxygens (including phenoxy) is 1. The molecule has 0 radical (unpaired) electrons. The molecule has 5 heteroatoms. The second-order valence-corrected chi connectivity index (χ2v) is 5.28. The van der Waals surface area contributed by atoms with Gasteiger partial charge in [-0.2, -0.15) is 0 Å². The van der Waals surface area contributed by atoms with E-state index in [0.717, 1.165) is 16.9 Å². The summed E-state index contributed by atoms with van der Waals surface area (Å²) in [5.41, 5.74) is 2.50. The van der Waals surface area contributed by atoms with Gasteiger partial charge in [-0.3, -0.25) is 9.59 Å². The van der Waals surface area contributed by atoms with Gasteiger partial charge in [-0.25, -0.2) is 0 Å². The van der Waals surface area contributed by atoms with Crippen LogP contribution < -0.4 is 4.74 Å². The number of hydrogen-bond donors (Lipinski definition) is 1. The first-order valence-electron chi connectivity index (χ1n) is 6.66. The van der Waals surface area contributed by atoms with Crippen molar-refractivity contribution in [2.45, 2.75) is 26.2 Å². The fourth-order valence-corrected chi connectivity index (χ4v) is 2.51. The smallest absolute Gasteiger partial charge is 0.323 e. The molecule has 0 unspecified atom stereocenters. The summed E-state index contributed by atoms with van der Waals surface area (Å²) in [7, 11) is 1.62. The third kappa shape index (κ3) is 2.61. The molecular weight excluding hydrogens is 258 g/mol. The Bertz CT molecular complexity index is 551. The molecular formula is C15H19NO4. The van der Waals surface area contributed by atoms with Crippen LogP contribution in [0.5, 0.6) is 5.75 Å². The highest BCUT2D eigenvalue weighted by Gasteiger charge is 2.27. The van der Waals surface area contributed by atoms with Crippen LogP contribution in [0.15, 0.2) is 12.1 Å². The molecule has 108 valence electrons. The minimum absolute atomic E-state index is 0.210. The van der Waals surface area contributed by atoms with Gasteiger partial charge in [0.15, 0.2) is 0 Å². The van der Waals surface area contributed by atoms with Gasteiger partial charge in [-0.15, -0.1) is 0 Å². The van der Waals surface area contributed by atoms with Crippen LogP contribution in [0.4, 0.5) is 0 Å². The molecule has 0 fully saturated rings. The van der Waals surface area contributed by atoms with E-state index in [4.69, 9.17) is 9.84 Å². The van der Waals surface area contributed by atoms with E-state index < -0.39 is 5.97 Å². The van der Waals surface area contributed by atoms with E-state index in [2.05, 4.69) is 0 Å². The lowest BCUT2D eigenvalue weighted by molar-refractivity contribution is -0.137. The Labute approximate surface area is 118 Å². The minimum Gasteiger partial charge on any atom is -0.496 e. The number of carbonyl (C=O) groups excluding carboxylic acids is 1. The van der Waals surface area contributed by atoms with Crippen LogP contribution in [0.2, 0.25) is 0 Å². The number of methoxy groups -OCH3 is 1. The van der Waals surface area contributed by atoms with Crippen LogP contribution in [0, 0.1) is 0 Å². The molecule has 1 aromatic carbocycles. The van der Waals surface area contributed by atoms with Gasteiger partial charge >= 0.3 is 5.97 Å². The van der Waals surface area contributed by atoms with Crippen molar-refractivity contribution in [1.29, 1.82) is 0 Å². The van der Waals surface area contributed by atoms with Crippen LogP contribution in [-0.4, -0.2) is 42.1 Å². The summed E-state index contributed by atoms with van der Waals surface area (Å²) in [4.78, 5) is 24.5. The number of rotatable bonds is 4. The quantitative estimate of drug-likeness (QED) is 0.912. The first kappa shape index (κ1) is 14.4. The minimum atomic E-state index is -0.987. The lowest BCUT2D eigenvalue weighted by Crippen LogP contribution is -2.40. The molecule has 2 rings (SSSR count). The molecule has 1 aliphatic rings. The Kier molecular flexibility index (Phi) is 3.97. The van der Waals surface area contributed by atoms with E-state index in [0.29, 0.717) is 18.5 Å². The van der Waals surface area contributed by atoms with Crippen molar-refractivity contribution in [3.63, 3.8) is 0 Å². The lowest BCUT2D eigenvalue weighted by atomic mass is 9.92. The number of carboxylic acid groups (broad SMARTS) is 1. The Morgan fingerprint density at radius 1 is 1.45 bits per heavy atom. The molecule has 0 saturated carbocycles. The Morgan fingerprint density at radius 3 is 2.70 bits per heavy atom. The van der Waals surface area contributed by atoms with Gasteiger partial charge in [0, 0.05) is 12.1 Å². The van der Waals surface area contributed by atoms with Crippen molar-refractivity contribution in [3.8, 4) is 5.75 Å². The third-order valence-corrected chi connectivity index (χ3v) is 3.57. The molecule has 0 spiro atoms. The molecule has 0 aliphatic carbocycles. The maximum Gasteiger partial charge on any atom is 0.323 e. The van der Waals surface area contributed by atoms with Crippen molar-refractivity contribution in [2.24, 2.45) is 0 Å². The highest BCUT2D eigenvalue weighted by atomic mass is 16.5. The standard InChI is InChI=1S/C15H19NO4/c1-9(2)11-7-12-10(6-13(11)20-3)4-5-16(15(12)19)8-14(17)18/h6-7,9H,4-5,8H2,1-3H3,(H,17,18). The number of hydrogen-bond acceptors (Lipinski definition) is 3. The predicted molar refractivity (Wildman–Crippen MR) is 74.3 cm³/mol. The summed E-state index contributed by atoms with van der Waals surface area (Å²) >= 11 is 0. The van der Waals surface area contributed by atoms with Crippen LogP contribution in [0.25, 0.3) is 0 Å². The fourth-order valence-electron chi connectivity index (χ4n) is 2.51. The molecule has 1 amide bonds. The van der Waals surface area contributed by atoms with Gasteiger partial charge in [0.1, 0.15) is 12.3 Å². The number of aliphatic carboxylic acids is 1. The molecule has 1 aromatic rings. The molecule has 20 heavy (non-hydrogen) atoms. The van der Waals surface area contributed by atoms with Gasteiger partial charge in [0.05, 0.1) is 7.11 Å². The highest BCUT2D eigenvalue weighted by molar-refractivity contribution is 5.98. The van der Waals surface area contributed by atoms with Crippen molar-refractivity contribution < 1.29 is 19.4 Å². The Balaban J connectivity index is 2.42.